The Morgan fingerprint density at radius 1 is 1.24 bits per heavy atom. The van der Waals surface area contributed by atoms with E-state index in [4.69, 9.17) is 4.74 Å². The molecule has 0 radical (unpaired) electrons. The molecule has 0 spiro atoms. The molecule has 1 N–H and O–H groups in total. The van der Waals surface area contributed by atoms with Crippen molar-refractivity contribution in [2.24, 2.45) is 0 Å². The second-order valence-corrected chi connectivity index (χ2v) is 7.97. The summed E-state index contributed by atoms with van der Waals surface area (Å²) in [6.07, 6.45) is 6.48. The predicted molar refractivity (Wildman–Crippen MR) is 95.6 cm³/mol. The topological polar surface area (TPSA) is 74.3 Å². The lowest BCUT2D eigenvalue weighted by atomic mass is 9.91. The molecule has 2 aromatic heterocycles. The van der Waals surface area contributed by atoms with Crippen LogP contribution in [0.3, 0.4) is 0 Å². The van der Waals surface area contributed by atoms with E-state index in [0.717, 1.165) is 49.2 Å². The van der Waals surface area contributed by atoms with Gasteiger partial charge in [0.05, 0.1) is 17.5 Å². The first-order valence-electron chi connectivity index (χ1n) is 8.97. The highest BCUT2D eigenvalue weighted by Crippen LogP contribution is 2.33. The number of carbonyl (C=O) groups excluding carboxylic acids is 1. The molecule has 2 bridgehead atoms. The molecule has 25 heavy (non-hydrogen) atoms. The average molecular weight is 343 g/mol. The summed E-state index contributed by atoms with van der Waals surface area (Å²) < 4.78 is 5.65. The molecule has 0 aromatic carbocycles. The van der Waals surface area contributed by atoms with Crippen molar-refractivity contribution in [3.63, 3.8) is 0 Å². The molecule has 1 amide bonds. The van der Waals surface area contributed by atoms with Crippen LogP contribution in [0.5, 0.6) is 0 Å². The van der Waals surface area contributed by atoms with Gasteiger partial charge in [0, 0.05) is 19.3 Å². The summed E-state index contributed by atoms with van der Waals surface area (Å²) in [6, 6.07) is 2.36. The molecule has 0 aliphatic carbocycles. The molecule has 0 saturated carbocycles. The Hall–Kier alpha value is -2.31. The highest BCUT2D eigenvalue weighted by atomic mass is 16.6. The lowest BCUT2D eigenvalue weighted by Crippen LogP contribution is -2.63. The number of hydrogen-bond acceptors (Lipinski definition) is 5. The van der Waals surface area contributed by atoms with Crippen LogP contribution < -0.4 is 4.90 Å². The standard InChI is InChI=1S/C18H25N5O2/c1-18(2,3)25-17(24)23-12-5-4-6-13(23)10-22(9-12)16-14-7-8-19-15(14)20-11-21-16/h7-8,11-13H,4-6,9-10H2,1-3H3,(H,19,20,21)/t12-,13?/m0/s1. The fraction of sp³-hybridized carbons (Fsp3) is 0.611. The van der Waals surface area contributed by atoms with Crippen LogP contribution in [0.4, 0.5) is 10.6 Å². The molecule has 2 aliphatic heterocycles. The number of ether oxygens (including phenoxy) is 1. The van der Waals surface area contributed by atoms with Crippen molar-refractivity contribution in [2.75, 3.05) is 18.0 Å². The Balaban J connectivity index is 1.59. The molecule has 4 rings (SSSR count). The Morgan fingerprint density at radius 3 is 2.64 bits per heavy atom. The second kappa shape index (κ2) is 5.89. The number of carbonyl (C=O) groups is 1. The molecule has 2 fully saturated rings. The van der Waals surface area contributed by atoms with Crippen LogP contribution in [-0.2, 0) is 4.74 Å². The first-order chi connectivity index (χ1) is 11.9. The highest BCUT2D eigenvalue weighted by Gasteiger charge is 2.42. The maximum absolute atomic E-state index is 12.7. The summed E-state index contributed by atoms with van der Waals surface area (Å²) in [5.41, 5.74) is 0.386. The zero-order valence-corrected chi connectivity index (χ0v) is 15.0. The molecule has 1 unspecified atom stereocenters. The lowest BCUT2D eigenvalue weighted by Gasteiger charge is -2.50. The number of nitrogens with one attached hydrogen (secondary N) is 1. The molecule has 2 atom stereocenters. The zero-order chi connectivity index (χ0) is 17.6. The Labute approximate surface area is 147 Å². The molecule has 4 heterocycles. The van der Waals surface area contributed by atoms with E-state index in [1.54, 1.807) is 6.33 Å². The third kappa shape index (κ3) is 3.03. The largest absolute Gasteiger partial charge is 0.444 e. The van der Waals surface area contributed by atoms with E-state index in [0.29, 0.717) is 0 Å². The summed E-state index contributed by atoms with van der Waals surface area (Å²) in [7, 11) is 0. The number of fused-ring (bicyclic) bond motifs is 3. The third-order valence-electron chi connectivity index (χ3n) is 4.96. The number of piperazine rings is 1. The van der Waals surface area contributed by atoms with Crippen LogP contribution in [-0.4, -0.2) is 56.7 Å². The number of aromatic nitrogens is 3. The molecular weight excluding hydrogens is 318 g/mol. The predicted octanol–water partition coefficient (Wildman–Crippen LogP) is 2.94. The van der Waals surface area contributed by atoms with E-state index in [2.05, 4.69) is 19.9 Å². The third-order valence-corrected chi connectivity index (χ3v) is 4.96. The monoisotopic (exact) mass is 343 g/mol. The quantitative estimate of drug-likeness (QED) is 0.862. The SMILES string of the molecule is CC(C)(C)OC(=O)N1C2CCC[C@H]1CN(c1ncnc3[nH]ccc13)C2. The maximum Gasteiger partial charge on any atom is 0.410 e. The van der Waals surface area contributed by atoms with Gasteiger partial charge in [0.15, 0.2) is 0 Å². The van der Waals surface area contributed by atoms with Gasteiger partial charge in [-0.3, -0.25) is 4.90 Å². The number of hydrogen-bond donors (Lipinski definition) is 1. The van der Waals surface area contributed by atoms with Crippen LogP contribution in [0.15, 0.2) is 18.6 Å². The normalized spacial score (nSPS) is 23.8. The first-order valence-corrected chi connectivity index (χ1v) is 8.97. The summed E-state index contributed by atoms with van der Waals surface area (Å²) >= 11 is 0. The van der Waals surface area contributed by atoms with Crippen LogP contribution in [0.2, 0.25) is 0 Å². The summed E-state index contributed by atoms with van der Waals surface area (Å²) in [6.45, 7) is 7.32. The van der Waals surface area contributed by atoms with E-state index in [9.17, 15) is 4.79 Å². The molecule has 7 nitrogen and oxygen atoms in total. The summed E-state index contributed by atoms with van der Waals surface area (Å²) in [4.78, 5) is 28.9. The minimum atomic E-state index is -0.466. The van der Waals surface area contributed by atoms with E-state index in [-0.39, 0.29) is 18.2 Å². The second-order valence-electron chi connectivity index (χ2n) is 7.97. The Kier molecular flexibility index (Phi) is 3.81. The summed E-state index contributed by atoms with van der Waals surface area (Å²) in [5, 5.41) is 1.03. The molecule has 134 valence electrons. The van der Waals surface area contributed by atoms with Gasteiger partial charge in [-0.05, 0) is 46.1 Å². The van der Waals surface area contributed by atoms with Gasteiger partial charge in [0.1, 0.15) is 23.4 Å². The number of piperidine rings is 1. The van der Waals surface area contributed by atoms with E-state index >= 15 is 0 Å². The van der Waals surface area contributed by atoms with Crippen LogP contribution in [0, 0.1) is 0 Å². The van der Waals surface area contributed by atoms with Gasteiger partial charge in [-0.25, -0.2) is 14.8 Å². The van der Waals surface area contributed by atoms with Gasteiger partial charge in [-0.2, -0.15) is 0 Å². The van der Waals surface area contributed by atoms with Gasteiger partial charge in [0.2, 0.25) is 0 Å². The van der Waals surface area contributed by atoms with Gasteiger partial charge < -0.3 is 14.6 Å². The zero-order valence-electron chi connectivity index (χ0n) is 15.0. The van der Waals surface area contributed by atoms with Crippen molar-refractivity contribution < 1.29 is 9.53 Å². The molecular formula is C18H25N5O2. The van der Waals surface area contributed by atoms with E-state index < -0.39 is 5.60 Å². The van der Waals surface area contributed by atoms with E-state index in [1.807, 2.05) is 37.9 Å². The molecule has 2 saturated heterocycles. The van der Waals surface area contributed by atoms with Gasteiger partial charge >= 0.3 is 6.09 Å². The smallest absolute Gasteiger partial charge is 0.410 e. The Bertz CT molecular complexity index is 767. The van der Waals surface area contributed by atoms with Gasteiger partial charge in [0.25, 0.3) is 0 Å². The number of rotatable bonds is 1. The van der Waals surface area contributed by atoms with Crippen molar-refractivity contribution in [3.05, 3.63) is 18.6 Å². The van der Waals surface area contributed by atoms with Crippen molar-refractivity contribution >= 4 is 22.9 Å². The van der Waals surface area contributed by atoms with Crippen LogP contribution in [0.1, 0.15) is 40.0 Å². The number of amides is 1. The number of aromatic amines is 1. The number of nitrogens with zero attached hydrogens (tertiary/aromatic N) is 4. The molecule has 7 heteroatoms. The van der Waals surface area contributed by atoms with E-state index in [1.165, 1.54) is 0 Å². The van der Waals surface area contributed by atoms with Crippen LogP contribution >= 0.6 is 0 Å². The Morgan fingerprint density at radius 2 is 1.96 bits per heavy atom. The summed E-state index contributed by atoms with van der Waals surface area (Å²) in [5.74, 6) is 0.951. The maximum atomic E-state index is 12.7. The number of H-pyrrole nitrogens is 1. The molecule has 2 aromatic rings. The van der Waals surface area contributed by atoms with Crippen molar-refractivity contribution in [1.29, 1.82) is 0 Å². The first kappa shape index (κ1) is 16.2. The molecule has 2 aliphatic rings. The van der Waals surface area contributed by atoms with Crippen molar-refractivity contribution in [1.82, 2.24) is 19.9 Å². The fourth-order valence-electron chi connectivity index (χ4n) is 4.00. The van der Waals surface area contributed by atoms with Crippen LogP contribution in [0.25, 0.3) is 11.0 Å². The fourth-order valence-corrected chi connectivity index (χ4v) is 4.00. The van der Waals surface area contributed by atoms with Crippen molar-refractivity contribution in [3.8, 4) is 0 Å². The highest BCUT2D eigenvalue weighted by molar-refractivity contribution is 5.87. The minimum absolute atomic E-state index is 0.173. The lowest BCUT2D eigenvalue weighted by molar-refractivity contribution is -0.00974. The average Bonchev–Trinajstić information content (AvgIpc) is 3.00. The minimum Gasteiger partial charge on any atom is -0.444 e. The van der Waals surface area contributed by atoms with Gasteiger partial charge in [-0.15, -0.1) is 0 Å². The number of anilines is 1. The van der Waals surface area contributed by atoms with Gasteiger partial charge in [-0.1, -0.05) is 0 Å². The van der Waals surface area contributed by atoms with Crippen molar-refractivity contribution in [2.45, 2.75) is 57.7 Å².